The Morgan fingerprint density at radius 3 is 2.74 bits per heavy atom. The lowest BCUT2D eigenvalue weighted by molar-refractivity contribution is 0.102. The summed E-state index contributed by atoms with van der Waals surface area (Å²) < 4.78 is 3.02. The number of hydrogen-bond donors (Lipinski definition) is 1. The van der Waals surface area contributed by atoms with Crippen molar-refractivity contribution in [3.8, 4) is 0 Å². The van der Waals surface area contributed by atoms with Crippen LogP contribution in [0.5, 0.6) is 0 Å². The first-order valence-corrected chi connectivity index (χ1v) is 9.58. The van der Waals surface area contributed by atoms with Crippen LogP contribution >= 0.6 is 11.3 Å². The van der Waals surface area contributed by atoms with E-state index in [2.05, 4.69) is 21.5 Å². The Bertz CT molecular complexity index is 1140. The second kappa shape index (κ2) is 6.96. The van der Waals surface area contributed by atoms with E-state index in [1.165, 1.54) is 16.9 Å². The molecule has 0 aliphatic rings. The number of carbonyl (C=O) groups is 1. The molecule has 0 aliphatic carbocycles. The van der Waals surface area contributed by atoms with Gasteiger partial charge in [-0.15, -0.1) is 0 Å². The molecule has 0 aliphatic heterocycles. The number of benzene rings is 2. The third-order valence-electron chi connectivity index (χ3n) is 4.39. The van der Waals surface area contributed by atoms with Gasteiger partial charge in [0, 0.05) is 11.3 Å². The van der Waals surface area contributed by atoms with Gasteiger partial charge in [0.15, 0.2) is 5.13 Å². The number of hydrogen-bond acceptors (Lipinski definition) is 4. The molecule has 0 atom stereocenters. The number of nitrogens with one attached hydrogen (secondary N) is 1. The Labute approximate surface area is 161 Å². The number of carbonyl (C=O) groups excluding carboxylic acids is 1. The van der Waals surface area contributed by atoms with Gasteiger partial charge in [0.05, 0.1) is 22.5 Å². The van der Waals surface area contributed by atoms with Gasteiger partial charge < -0.3 is 0 Å². The molecule has 2 aromatic carbocycles. The topological polar surface area (TPSA) is 59.8 Å². The van der Waals surface area contributed by atoms with Crippen molar-refractivity contribution in [2.24, 2.45) is 0 Å². The summed E-state index contributed by atoms with van der Waals surface area (Å²) in [6.07, 6.45) is 0. The number of anilines is 1. The maximum atomic E-state index is 12.7. The van der Waals surface area contributed by atoms with Gasteiger partial charge in [-0.05, 0) is 62.2 Å². The van der Waals surface area contributed by atoms with Crippen molar-refractivity contribution in [1.82, 2.24) is 14.8 Å². The van der Waals surface area contributed by atoms with Gasteiger partial charge >= 0.3 is 0 Å². The average molecular weight is 376 g/mol. The number of rotatable bonds is 4. The highest BCUT2D eigenvalue weighted by atomic mass is 32.1. The van der Waals surface area contributed by atoms with E-state index >= 15 is 0 Å². The molecule has 4 rings (SSSR count). The Morgan fingerprint density at radius 1 is 1.11 bits per heavy atom. The van der Waals surface area contributed by atoms with Crippen molar-refractivity contribution in [1.29, 1.82) is 0 Å². The fraction of sp³-hybridized carbons (Fsp3) is 0.190. The molecule has 0 saturated carbocycles. The predicted octanol–water partition coefficient (Wildman–Crippen LogP) is 4.72. The van der Waals surface area contributed by atoms with Gasteiger partial charge in [-0.25, -0.2) is 4.98 Å². The summed E-state index contributed by atoms with van der Waals surface area (Å²) in [4.78, 5) is 17.2. The largest absolute Gasteiger partial charge is 0.298 e. The zero-order valence-electron chi connectivity index (χ0n) is 15.5. The van der Waals surface area contributed by atoms with Crippen molar-refractivity contribution in [2.45, 2.75) is 27.3 Å². The Morgan fingerprint density at radius 2 is 1.96 bits per heavy atom. The quantitative estimate of drug-likeness (QED) is 0.561. The molecule has 2 aromatic heterocycles. The highest BCUT2D eigenvalue weighted by Crippen LogP contribution is 2.27. The minimum absolute atomic E-state index is 0.152. The Hall–Kier alpha value is -2.99. The lowest BCUT2D eigenvalue weighted by Crippen LogP contribution is -2.12. The van der Waals surface area contributed by atoms with Crippen LogP contribution in [-0.2, 0) is 6.54 Å². The second-order valence-electron chi connectivity index (χ2n) is 6.73. The highest BCUT2D eigenvalue weighted by Gasteiger charge is 2.11. The third-order valence-corrected chi connectivity index (χ3v) is 5.32. The minimum Gasteiger partial charge on any atom is -0.298 e. The van der Waals surface area contributed by atoms with Gasteiger partial charge in [-0.1, -0.05) is 29.5 Å². The van der Waals surface area contributed by atoms with Crippen molar-refractivity contribution in [3.05, 3.63) is 76.6 Å². The first kappa shape index (κ1) is 17.4. The van der Waals surface area contributed by atoms with Crippen LogP contribution in [-0.4, -0.2) is 20.7 Å². The molecule has 0 spiro atoms. The summed E-state index contributed by atoms with van der Waals surface area (Å²) in [7, 11) is 0. The van der Waals surface area contributed by atoms with Gasteiger partial charge in [-0.3, -0.25) is 14.8 Å². The van der Waals surface area contributed by atoms with Crippen LogP contribution in [0.4, 0.5) is 5.13 Å². The minimum atomic E-state index is -0.152. The van der Waals surface area contributed by atoms with Gasteiger partial charge in [-0.2, -0.15) is 5.10 Å². The number of nitrogens with zero attached hydrogens (tertiary/aromatic N) is 3. The summed E-state index contributed by atoms with van der Waals surface area (Å²) in [5.41, 5.74) is 5.83. The van der Waals surface area contributed by atoms with E-state index in [0.29, 0.717) is 17.2 Å². The zero-order valence-corrected chi connectivity index (χ0v) is 16.3. The normalized spacial score (nSPS) is 11.1. The first-order valence-electron chi connectivity index (χ1n) is 8.76. The van der Waals surface area contributed by atoms with E-state index in [4.69, 9.17) is 0 Å². The molecule has 5 nitrogen and oxygen atoms in total. The Kier molecular flexibility index (Phi) is 4.49. The van der Waals surface area contributed by atoms with Gasteiger partial charge in [0.1, 0.15) is 0 Å². The van der Waals surface area contributed by atoms with Crippen LogP contribution in [0.25, 0.3) is 10.2 Å². The lowest BCUT2D eigenvalue weighted by atomic mass is 10.1. The molecule has 0 radical (unpaired) electrons. The van der Waals surface area contributed by atoms with E-state index in [-0.39, 0.29) is 5.91 Å². The fourth-order valence-electron chi connectivity index (χ4n) is 3.07. The van der Waals surface area contributed by atoms with Crippen LogP contribution in [0.1, 0.15) is 32.9 Å². The number of thiazole rings is 1. The fourth-order valence-corrected chi connectivity index (χ4v) is 4.03. The smallest absolute Gasteiger partial charge is 0.257 e. The van der Waals surface area contributed by atoms with E-state index in [1.54, 1.807) is 0 Å². The summed E-state index contributed by atoms with van der Waals surface area (Å²) in [5.74, 6) is -0.152. The lowest BCUT2D eigenvalue weighted by Gasteiger charge is -2.07. The molecule has 0 saturated heterocycles. The monoisotopic (exact) mass is 376 g/mol. The molecule has 0 unspecified atom stereocenters. The van der Waals surface area contributed by atoms with Crippen molar-refractivity contribution in [2.75, 3.05) is 5.32 Å². The van der Waals surface area contributed by atoms with Gasteiger partial charge in [0.25, 0.3) is 5.91 Å². The molecule has 1 amide bonds. The number of amides is 1. The van der Waals surface area contributed by atoms with Crippen LogP contribution < -0.4 is 5.32 Å². The number of fused-ring (bicyclic) bond motifs is 1. The standard InChI is InChI=1S/C21H20N4OS/c1-13-7-8-18-19(9-13)27-21(22-18)23-20(26)17-6-4-5-16(11-17)12-25-15(3)10-14(2)24-25/h4-11H,12H2,1-3H3,(H,22,23,26). The number of aromatic nitrogens is 3. The third kappa shape index (κ3) is 3.75. The molecular weight excluding hydrogens is 356 g/mol. The van der Waals surface area contributed by atoms with E-state index in [9.17, 15) is 4.79 Å². The molecule has 4 aromatic rings. The summed E-state index contributed by atoms with van der Waals surface area (Å²) in [5, 5.41) is 8.02. The van der Waals surface area contributed by atoms with Crippen molar-refractivity contribution >= 4 is 32.6 Å². The molecule has 27 heavy (non-hydrogen) atoms. The average Bonchev–Trinajstić information content (AvgIpc) is 3.16. The van der Waals surface area contributed by atoms with Crippen LogP contribution in [0.15, 0.2) is 48.5 Å². The zero-order chi connectivity index (χ0) is 19.0. The summed E-state index contributed by atoms with van der Waals surface area (Å²) in [6, 6.07) is 15.8. The van der Waals surface area contributed by atoms with Crippen LogP contribution in [0, 0.1) is 20.8 Å². The maximum absolute atomic E-state index is 12.7. The predicted molar refractivity (Wildman–Crippen MR) is 110 cm³/mol. The van der Waals surface area contributed by atoms with Crippen molar-refractivity contribution < 1.29 is 4.79 Å². The van der Waals surface area contributed by atoms with Crippen LogP contribution in [0.3, 0.4) is 0 Å². The van der Waals surface area contributed by atoms with Crippen molar-refractivity contribution in [3.63, 3.8) is 0 Å². The van der Waals surface area contributed by atoms with E-state index in [1.807, 2.05) is 67.9 Å². The molecule has 6 heteroatoms. The summed E-state index contributed by atoms with van der Waals surface area (Å²) in [6.45, 7) is 6.70. The van der Waals surface area contributed by atoms with E-state index < -0.39 is 0 Å². The maximum Gasteiger partial charge on any atom is 0.257 e. The number of aryl methyl sites for hydroxylation is 3. The van der Waals surface area contributed by atoms with Gasteiger partial charge in [0.2, 0.25) is 0 Å². The van der Waals surface area contributed by atoms with Crippen LogP contribution in [0.2, 0.25) is 0 Å². The second-order valence-corrected chi connectivity index (χ2v) is 7.76. The molecule has 2 heterocycles. The SMILES string of the molecule is Cc1ccc2nc(NC(=O)c3cccc(Cn4nc(C)cc4C)c3)sc2c1. The molecule has 0 bridgehead atoms. The molecular formula is C21H20N4OS. The molecule has 136 valence electrons. The molecule has 1 N–H and O–H groups in total. The molecule has 0 fully saturated rings. The van der Waals surface area contributed by atoms with E-state index in [0.717, 1.165) is 27.2 Å². The summed E-state index contributed by atoms with van der Waals surface area (Å²) >= 11 is 1.49. The highest BCUT2D eigenvalue weighted by molar-refractivity contribution is 7.22. The Balaban J connectivity index is 1.53. The first-order chi connectivity index (χ1) is 13.0.